The van der Waals surface area contributed by atoms with Gasteiger partial charge in [0.15, 0.2) is 0 Å². The Balaban J connectivity index is 2.03. The average molecular weight is 249 g/mol. The second-order valence-corrected chi connectivity index (χ2v) is 3.98. The van der Waals surface area contributed by atoms with Gasteiger partial charge in [0.1, 0.15) is 6.33 Å². The van der Waals surface area contributed by atoms with Crippen molar-refractivity contribution >= 4 is 17.7 Å². The minimum Gasteiger partial charge on any atom is -0.378 e. The molecular formula is C10H15N7O. The van der Waals surface area contributed by atoms with E-state index in [1.165, 1.54) is 0 Å². The Bertz CT molecular complexity index is 534. The summed E-state index contributed by atoms with van der Waals surface area (Å²) in [5.74, 6) is 1.95. The molecule has 8 nitrogen and oxygen atoms in total. The number of aromatic nitrogens is 5. The van der Waals surface area contributed by atoms with Crippen molar-refractivity contribution in [2.45, 2.75) is 6.92 Å². The van der Waals surface area contributed by atoms with E-state index in [9.17, 15) is 0 Å². The van der Waals surface area contributed by atoms with E-state index in [0.717, 1.165) is 25.6 Å². The zero-order valence-corrected chi connectivity index (χ0v) is 10.2. The lowest BCUT2D eigenvalue weighted by Crippen LogP contribution is -2.38. The number of fused-ring (bicyclic) bond motifs is 1. The first kappa shape index (κ1) is 11.1. The van der Waals surface area contributed by atoms with E-state index >= 15 is 0 Å². The van der Waals surface area contributed by atoms with Gasteiger partial charge in [-0.2, -0.15) is 9.97 Å². The third-order valence-corrected chi connectivity index (χ3v) is 2.79. The molecule has 0 amide bonds. The van der Waals surface area contributed by atoms with Gasteiger partial charge >= 0.3 is 0 Å². The molecule has 2 aromatic heterocycles. The fourth-order valence-corrected chi connectivity index (χ4v) is 1.94. The predicted octanol–water partition coefficient (Wildman–Crippen LogP) is -0.212. The van der Waals surface area contributed by atoms with Gasteiger partial charge in [-0.15, -0.1) is 10.2 Å². The van der Waals surface area contributed by atoms with Crippen molar-refractivity contribution in [1.82, 2.24) is 24.6 Å². The minimum atomic E-state index is 0.558. The second kappa shape index (κ2) is 4.73. The lowest BCUT2D eigenvalue weighted by Gasteiger charge is -2.27. The molecule has 18 heavy (non-hydrogen) atoms. The largest absolute Gasteiger partial charge is 0.378 e. The van der Waals surface area contributed by atoms with Crippen LogP contribution in [0.4, 0.5) is 11.9 Å². The Morgan fingerprint density at radius 1 is 1.33 bits per heavy atom. The average Bonchev–Trinajstić information content (AvgIpc) is 2.87. The molecule has 0 aliphatic carbocycles. The van der Waals surface area contributed by atoms with Crippen LogP contribution in [0.15, 0.2) is 6.33 Å². The SMILES string of the molecule is CCNc1nc(N2CCOCC2)n2cnnc2n1. The van der Waals surface area contributed by atoms with Crippen LogP contribution < -0.4 is 10.2 Å². The number of hydrogen-bond acceptors (Lipinski definition) is 7. The van der Waals surface area contributed by atoms with Crippen molar-refractivity contribution in [3.63, 3.8) is 0 Å². The summed E-state index contributed by atoms with van der Waals surface area (Å²) < 4.78 is 7.15. The molecule has 2 aromatic rings. The molecule has 96 valence electrons. The summed E-state index contributed by atoms with van der Waals surface area (Å²) in [6, 6.07) is 0. The van der Waals surface area contributed by atoms with E-state index in [0.29, 0.717) is 24.9 Å². The highest BCUT2D eigenvalue weighted by molar-refractivity contribution is 5.46. The molecule has 1 N–H and O–H groups in total. The van der Waals surface area contributed by atoms with Crippen molar-refractivity contribution in [1.29, 1.82) is 0 Å². The van der Waals surface area contributed by atoms with Crippen molar-refractivity contribution in [2.75, 3.05) is 43.1 Å². The summed E-state index contributed by atoms with van der Waals surface area (Å²) in [6.07, 6.45) is 1.63. The van der Waals surface area contributed by atoms with Crippen molar-refractivity contribution < 1.29 is 4.74 Å². The van der Waals surface area contributed by atoms with Gasteiger partial charge in [0, 0.05) is 19.6 Å². The number of morpholine rings is 1. The Morgan fingerprint density at radius 2 is 2.17 bits per heavy atom. The highest BCUT2D eigenvalue weighted by Gasteiger charge is 2.17. The highest BCUT2D eigenvalue weighted by atomic mass is 16.5. The van der Waals surface area contributed by atoms with Crippen LogP contribution in [-0.4, -0.2) is 57.4 Å². The van der Waals surface area contributed by atoms with Gasteiger partial charge in [0.05, 0.1) is 13.2 Å². The van der Waals surface area contributed by atoms with Crippen LogP contribution in [0.1, 0.15) is 6.92 Å². The molecule has 0 radical (unpaired) electrons. The van der Waals surface area contributed by atoms with Crippen LogP contribution in [0, 0.1) is 0 Å². The molecule has 1 aliphatic heterocycles. The maximum atomic E-state index is 5.35. The summed E-state index contributed by atoms with van der Waals surface area (Å²) in [7, 11) is 0. The lowest BCUT2D eigenvalue weighted by atomic mass is 10.4. The van der Waals surface area contributed by atoms with Crippen molar-refractivity contribution in [3.8, 4) is 0 Å². The van der Waals surface area contributed by atoms with Gasteiger partial charge in [0.25, 0.3) is 5.78 Å². The van der Waals surface area contributed by atoms with Crippen LogP contribution in [-0.2, 0) is 4.74 Å². The summed E-state index contributed by atoms with van der Waals surface area (Å²) >= 11 is 0. The smallest absolute Gasteiger partial charge is 0.260 e. The van der Waals surface area contributed by atoms with Crippen LogP contribution in [0.3, 0.4) is 0 Å². The maximum absolute atomic E-state index is 5.35. The molecule has 3 heterocycles. The van der Waals surface area contributed by atoms with E-state index in [1.54, 1.807) is 10.7 Å². The number of nitrogens with one attached hydrogen (secondary N) is 1. The Hall–Kier alpha value is -1.96. The van der Waals surface area contributed by atoms with Gasteiger partial charge in [-0.05, 0) is 6.92 Å². The van der Waals surface area contributed by atoms with E-state index < -0.39 is 0 Å². The van der Waals surface area contributed by atoms with Gasteiger partial charge in [-0.1, -0.05) is 0 Å². The summed E-state index contributed by atoms with van der Waals surface area (Å²) in [6.45, 7) is 5.83. The predicted molar refractivity (Wildman–Crippen MR) is 65.8 cm³/mol. The highest BCUT2D eigenvalue weighted by Crippen LogP contribution is 2.15. The molecule has 0 unspecified atom stereocenters. The van der Waals surface area contributed by atoms with Gasteiger partial charge in [-0.25, -0.2) is 4.40 Å². The fraction of sp³-hybridized carbons (Fsp3) is 0.600. The first-order valence-corrected chi connectivity index (χ1v) is 6.03. The number of nitrogens with zero attached hydrogens (tertiary/aromatic N) is 6. The molecule has 3 rings (SSSR count). The molecule has 1 aliphatic rings. The number of anilines is 2. The van der Waals surface area contributed by atoms with Crippen molar-refractivity contribution in [2.24, 2.45) is 0 Å². The topological polar surface area (TPSA) is 80.5 Å². The Kier molecular flexibility index (Phi) is 2.93. The summed E-state index contributed by atoms with van der Waals surface area (Å²) in [4.78, 5) is 11.0. The van der Waals surface area contributed by atoms with Crippen LogP contribution in [0.2, 0.25) is 0 Å². The first-order chi connectivity index (χ1) is 8.88. The fourth-order valence-electron chi connectivity index (χ4n) is 1.94. The molecule has 1 saturated heterocycles. The van der Waals surface area contributed by atoms with Gasteiger partial charge in [0.2, 0.25) is 11.9 Å². The maximum Gasteiger partial charge on any atom is 0.260 e. The summed E-state index contributed by atoms with van der Waals surface area (Å²) in [5, 5.41) is 11.0. The molecule has 0 atom stereocenters. The molecule has 0 spiro atoms. The molecular weight excluding hydrogens is 234 g/mol. The monoisotopic (exact) mass is 249 g/mol. The van der Waals surface area contributed by atoms with Crippen molar-refractivity contribution in [3.05, 3.63) is 6.33 Å². The Morgan fingerprint density at radius 3 is 2.94 bits per heavy atom. The lowest BCUT2D eigenvalue weighted by molar-refractivity contribution is 0.122. The number of ether oxygens (including phenoxy) is 1. The van der Waals surface area contributed by atoms with E-state index in [2.05, 4.69) is 30.4 Å². The normalized spacial score (nSPS) is 16.2. The van der Waals surface area contributed by atoms with Crippen LogP contribution in [0.5, 0.6) is 0 Å². The third kappa shape index (κ3) is 1.94. The molecule has 1 fully saturated rings. The van der Waals surface area contributed by atoms with Crippen LogP contribution >= 0.6 is 0 Å². The number of hydrogen-bond donors (Lipinski definition) is 1. The molecule has 8 heteroatoms. The minimum absolute atomic E-state index is 0.558. The van der Waals surface area contributed by atoms with Crippen LogP contribution in [0.25, 0.3) is 5.78 Å². The first-order valence-electron chi connectivity index (χ1n) is 6.03. The van der Waals surface area contributed by atoms with Gasteiger partial charge in [-0.3, -0.25) is 0 Å². The Labute approximate surface area is 104 Å². The standard InChI is InChI=1S/C10H15N7O/c1-2-11-8-13-9-15-12-7-17(9)10(14-8)16-3-5-18-6-4-16/h7H,2-6H2,1H3,(H,11,13,15). The third-order valence-electron chi connectivity index (χ3n) is 2.79. The van der Waals surface area contributed by atoms with Gasteiger partial charge < -0.3 is 15.0 Å². The number of rotatable bonds is 3. The molecule has 0 bridgehead atoms. The molecule has 0 aromatic carbocycles. The van der Waals surface area contributed by atoms with E-state index in [1.807, 2.05) is 6.92 Å². The summed E-state index contributed by atoms with van der Waals surface area (Å²) in [5.41, 5.74) is 0. The zero-order valence-electron chi connectivity index (χ0n) is 10.2. The second-order valence-electron chi connectivity index (χ2n) is 3.98. The van der Waals surface area contributed by atoms with E-state index in [-0.39, 0.29) is 0 Å². The zero-order chi connectivity index (χ0) is 12.4. The quantitative estimate of drug-likeness (QED) is 0.806. The molecule has 0 saturated carbocycles. The van der Waals surface area contributed by atoms with E-state index in [4.69, 9.17) is 4.74 Å².